The van der Waals surface area contributed by atoms with Gasteiger partial charge in [0, 0.05) is 11.3 Å². The largest absolute Gasteiger partial charge is 0.349 e. The average Bonchev–Trinajstić information content (AvgIpc) is 2.91. The highest BCUT2D eigenvalue weighted by atomic mass is 19.1. The van der Waals surface area contributed by atoms with Gasteiger partial charge in [-0.3, -0.25) is 4.79 Å². The molecular weight excluding hydrogens is 329 g/mol. The number of benzene rings is 2. The Kier molecular flexibility index (Phi) is 5.16. The van der Waals surface area contributed by atoms with Crippen LogP contribution in [0.5, 0.6) is 0 Å². The van der Waals surface area contributed by atoms with Crippen LogP contribution < -0.4 is 5.32 Å². The highest BCUT2D eigenvalue weighted by molar-refractivity contribution is 5.79. The molecule has 0 saturated carbocycles. The van der Waals surface area contributed by atoms with Crippen LogP contribution in [0.2, 0.25) is 0 Å². The first-order valence-corrected chi connectivity index (χ1v) is 8.61. The van der Waals surface area contributed by atoms with E-state index in [1.165, 1.54) is 12.1 Å². The molecule has 0 aliphatic heterocycles. The van der Waals surface area contributed by atoms with Gasteiger partial charge in [-0.1, -0.05) is 30.3 Å². The van der Waals surface area contributed by atoms with E-state index in [1.54, 1.807) is 16.8 Å². The number of hydrogen-bond acceptors (Lipinski definition) is 2. The molecule has 1 atom stereocenters. The summed E-state index contributed by atoms with van der Waals surface area (Å²) in [5.74, 6) is -0.337. The van der Waals surface area contributed by atoms with E-state index in [0.717, 1.165) is 28.2 Å². The standard InChI is InChI=1S/C21H22FN3O/c1-14(17-7-5-4-6-8-17)23-21(26)13-20-15(2)24-25(16(20)3)19-11-9-18(22)10-12-19/h4-12,14H,13H2,1-3H3,(H,23,26). The van der Waals surface area contributed by atoms with Gasteiger partial charge in [-0.15, -0.1) is 0 Å². The van der Waals surface area contributed by atoms with E-state index in [1.807, 2.05) is 51.1 Å². The maximum Gasteiger partial charge on any atom is 0.225 e. The van der Waals surface area contributed by atoms with Crippen molar-refractivity contribution in [3.63, 3.8) is 0 Å². The summed E-state index contributed by atoms with van der Waals surface area (Å²) in [5, 5.41) is 7.54. The van der Waals surface area contributed by atoms with Crippen LogP contribution in [0.3, 0.4) is 0 Å². The fourth-order valence-electron chi connectivity index (χ4n) is 3.04. The third kappa shape index (κ3) is 3.82. The zero-order chi connectivity index (χ0) is 18.7. The number of carbonyl (C=O) groups is 1. The number of hydrogen-bond donors (Lipinski definition) is 1. The highest BCUT2D eigenvalue weighted by Gasteiger charge is 2.17. The summed E-state index contributed by atoms with van der Waals surface area (Å²) in [6.07, 6.45) is 0.260. The van der Waals surface area contributed by atoms with Crippen LogP contribution >= 0.6 is 0 Å². The molecule has 1 aromatic heterocycles. The summed E-state index contributed by atoms with van der Waals surface area (Å²) >= 11 is 0. The first-order chi connectivity index (χ1) is 12.5. The molecule has 0 spiro atoms. The van der Waals surface area contributed by atoms with Crippen LogP contribution in [-0.2, 0) is 11.2 Å². The Hall–Kier alpha value is -2.95. The van der Waals surface area contributed by atoms with Gasteiger partial charge in [0.15, 0.2) is 0 Å². The van der Waals surface area contributed by atoms with Gasteiger partial charge in [0.1, 0.15) is 5.82 Å². The average molecular weight is 351 g/mol. The Morgan fingerprint density at radius 3 is 2.42 bits per heavy atom. The molecule has 0 aliphatic carbocycles. The van der Waals surface area contributed by atoms with Gasteiger partial charge in [-0.05, 0) is 50.6 Å². The van der Waals surface area contributed by atoms with Crippen molar-refractivity contribution in [2.75, 3.05) is 0 Å². The Morgan fingerprint density at radius 1 is 1.12 bits per heavy atom. The first-order valence-electron chi connectivity index (χ1n) is 8.61. The second-order valence-corrected chi connectivity index (χ2v) is 6.41. The van der Waals surface area contributed by atoms with Crippen molar-refractivity contribution in [2.45, 2.75) is 33.2 Å². The molecule has 0 saturated heterocycles. The van der Waals surface area contributed by atoms with E-state index in [2.05, 4.69) is 10.4 Å². The molecule has 1 N–H and O–H groups in total. The van der Waals surface area contributed by atoms with Crippen molar-refractivity contribution in [1.82, 2.24) is 15.1 Å². The third-order valence-corrected chi connectivity index (χ3v) is 4.53. The maximum atomic E-state index is 13.1. The van der Waals surface area contributed by atoms with Gasteiger partial charge in [0.25, 0.3) is 0 Å². The Labute approximate surface area is 152 Å². The number of aromatic nitrogens is 2. The lowest BCUT2D eigenvalue weighted by atomic mass is 10.1. The van der Waals surface area contributed by atoms with Crippen LogP contribution in [0.15, 0.2) is 54.6 Å². The number of rotatable bonds is 5. The predicted molar refractivity (Wildman–Crippen MR) is 99.7 cm³/mol. The number of aryl methyl sites for hydroxylation is 1. The molecule has 0 radical (unpaired) electrons. The van der Waals surface area contributed by atoms with E-state index < -0.39 is 0 Å². The van der Waals surface area contributed by atoms with E-state index in [9.17, 15) is 9.18 Å². The predicted octanol–water partition coefficient (Wildman–Crippen LogP) is 4.05. The SMILES string of the molecule is Cc1nn(-c2ccc(F)cc2)c(C)c1CC(=O)NC(C)c1ccccc1. The molecule has 4 nitrogen and oxygen atoms in total. The van der Waals surface area contributed by atoms with E-state index in [0.29, 0.717) is 0 Å². The second-order valence-electron chi connectivity index (χ2n) is 6.41. The third-order valence-electron chi connectivity index (χ3n) is 4.53. The molecule has 1 heterocycles. The topological polar surface area (TPSA) is 46.9 Å². The van der Waals surface area contributed by atoms with Crippen LogP contribution in [0, 0.1) is 19.7 Å². The van der Waals surface area contributed by atoms with Crippen molar-refractivity contribution in [1.29, 1.82) is 0 Å². The summed E-state index contributed by atoms with van der Waals surface area (Å²) in [6, 6.07) is 16.0. The molecule has 1 amide bonds. The Balaban J connectivity index is 1.75. The summed E-state index contributed by atoms with van der Waals surface area (Å²) in [4.78, 5) is 12.5. The van der Waals surface area contributed by atoms with Gasteiger partial charge in [0.05, 0.1) is 23.8 Å². The molecule has 0 bridgehead atoms. The van der Waals surface area contributed by atoms with E-state index in [4.69, 9.17) is 0 Å². The molecular formula is C21H22FN3O. The van der Waals surface area contributed by atoms with Crippen LogP contribution in [0.25, 0.3) is 5.69 Å². The zero-order valence-electron chi connectivity index (χ0n) is 15.2. The summed E-state index contributed by atoms with van der Waals surface area (Å²) in [5.41, 5.74) is 4.42. The highest BCUT2D eigenvalue weighted by Crippen LogP contribution is 2.19. The molecule has 5 heteroatoms. The fourth-order valence-corrected chi connectivity index (χ4v) is 3.04. The quantitative estimate of drug-likeness (QED) is 0.754. The lowest BCUT2D eigenvalue weighted by Gasteiger charge is -2.14. The molecule has 1 unspecified atom stereocenters. The van der Waals surface area contributed by atoms with Crippen LogP contribution in [0.4, 0.5) is 4.39 Å². The maximum absolute atomic E-state index is 13.1. The van der Waals surface area contributed by atoms with Crippen molar-refractivity contribution in [3.05, 3.63) is 82.9 Å². The van der Waals surface area contributed by atoms with Crippen LogP contribution in [0.1, 0.15) is 35.5 Å². The summed E-state index contributed by atoms with van der Waals surface area (Å²) < 4.78 is 14.9. The van der Waals surface area contributed by atoms with Gasteiger partial charge in [-0.25, -0.2) is 9.07 Å². The molecule has 2 aromatic carbocycles. The molecule has 3 rings (SSSR count). The van der Waals surface area contributed by atoms with Crippen molar-refractivity contribution < 1.29 is 9.18 Å². The van der Waals surface area contributed by atoms with Crippen LogP contribution in [-0.4, -0.2) is 15.7 Å². The Morgan fingerprint density at radius 2 is 1.77 bits per heavy atom. The Bertz CT molecular complexity index is 901. The van der Waals surface area contributed by atoms with Crippen molar-refractivity contribution >= 4 is 5.91 Å². The molecule has 134 valence electrons. The normalized spacial score (nSPS) is 12.0. The number of amides is 1. The van der Waals surface area contributed by atoms with Crippen molar-refractivity contribution in [3.8, 4) is 5.69 Å². The molecule has 0 aliphatic rings. The van der Waals surface area contributed by atoms with Gasteiger partial charge < -0.3 is 5.32 Å². The van der Waals surface area contributed by atoms with Gasteiger partial charge in [-0.2, -0.15) is 5.10 Å². The number of nitrogens with one attached hydrogen (secondary N) is 1. The minimum absolute atomic E-state index is 0.0498. The van der Waals surface area contributed by atoms with E-state index in [-0.39, 0.29) is 24.2 Å². The number of nitrogens with zero attached hydrogens (tertiary/aromatic N) is 2. The summed E-state index contributed by atoms with van der Waals surface area (Å²) in [6.45, 7) is 5.78. The van der Waals surface area contributed by atoms with Crippen molar-refractivity contribution in [2.24, 2.45) is 0 Å². The molecule has 0 fully saturated rings. The smallest absolute Gasteiger partial charge is 0.225 e. The summed E-state index contributed by atoms with van der Waals surface area (Å²) in [7, 11) is 0. The molecule has 26 heavy (non-hydrogen) atoms. The first kappa shape index (κ1) is 17.9. The minimum atomic E-state index is -0.287. The fraction of sp³-hybridized carbons (Fsp3) is 0.238. The lowest BCUT2D eigenvalue weighted by Crippen LogP contribution is -2.28. The monoisotopic (exact) mass is 351 g/mol. The van der Waals surface area contributed by atoms with Gasteiger partial charge in [0.2, 0.25) is 5.91 Å². The number of carbonyl (C=O) groups excluding carboxylic acids is 1. The molecule has 3 aromatic rings. The van der Waals surface area contributed by atoms with E-state index >= 15 is 0 Å². The number of halogens is 1. The van der Waals surface area contributed by atoms with Gasteiger partial charge >= 0.3 is 0 Å². The lowest BCUT2D eigenvalue weighted by molar-refractivity contribution is -0.121. The second kappa shape index (κ2) is 7.52. The zero-order valence-corrected chi connectivity index (χ0v) is 15.2. The minimum Gasteiger partial charge on any atom is -0.349 e.